The number of fused-ring (bicyclic) bond motifs is 1. The number of rotatable bonds is 4. The molecular formula is C26H24N4O2. The van der Waals surface area contributed by atoms with Crippen molar-refractivity contribution < 1.29 is 4.79 Å². The summed E-state index contributed by atoms with van der Waals surface area (Å²) in [5.41, 5.74) is 2.97. The molecule has 0 spiro atoms. The van der Waals surface area contributed by atoms with Crippen molar-refractivity contribution in [1.82, 2.24) is 14.5 Å². The van der Waals surface area contributed by atoms with Gasteiger partial charge in [0.2, 0.25) is 0 Å². The minimum absolute atomic E-state index is 0.00890. The molecule has 6 nitrogen and oxygen atoms in total. The minimum Gasteiger partial charge on any atom is -0.380 e. The van der Waals surface area contributed by atoms with E-state index < -0.39 is 0 Å². The molecule has 0 aliphatic carbocycles. The van der Waals surface area contributed by atoms with Crippen LogP contribution in [0.25, 0.3) is 16.6 Å². The molecule has 1 N–H and O–H groups in total. The van der Waals surface area contributed by atoms with Crippen LogP contribution < -0.4 is 10.9 Å². The quantitative estimate of drug-likeness (QED) is 0.537. The Labute approximate surface area is 186 Å². The van der Waals surface area contributed by atoms with Crippen LogP contribution in [0.5, 0.6) is 0 Å². The number of benzene rings is 3. The zero-order valence-corrected chi connectivity index (χ0v) is 17.9. The molecule has 1 unspecified atom stereocenters. The Morgan fingerprint density at radius 2 is 1.69 bits per heavy atom. The second-order valence-electron chi connectivity index (χ2n) is 8.11. The number of aromatic nitrogens is 2. The first-order valence-electron chi connectivity index (χ1n) is 10.8. The molecule has 1 fully saturated rings. The predicted octanol–water partition coefficient (Wildman–Crippen LogP) is 4.02. The van der Waals surface area contributed by atoms with Gasteiger partial charge >= 0.3 is 0 Å². The molecule has 1 aliphatic heterocycles. The zero-order chi connectivity index (χ0) is 22.1. The van der Waals surface area contributed by atoms with Crippen LogP contribution in [0.15, 0.2) is 83.7 Å². The van der Waals surface area contributed by atoms with E-state index in [1.54, 1.807) is 22.8 Å². The van der Waals surface area contributed by atoms with Crippen LogP contribution >= 0.6 is 0 Å². The van der Waals surface area contributed by atoms with Gasteiger partial charge in [-0.15, -0.1) is 0 Å². The normalized spacial score (nSPS) is 15.8. The predicted molar refractivity (Wildman–Crippen MR) is 126 cm³/mol. The number of nitrogens with zero attached hydrogens (tertiary/aromatic N) is 3. The Hall–Kier alpha value is -3.93. The fraction of sp³-hybridized carbons (Fsp3) is 0.192. The van der Waals surface area contributed by atoms with Crippen molar-refractivity contribution >= 4 is 22.5 Å². The van der Waals surface area contributed by atoms with Crippen molar-refractivity contribution in [3.8, 4) is 5.69 Å². The Kier molecular flexibility index (Phi) is 5.19. The zero-order valence-electron chi connectivity index (χ0n) is 17.9. The largest absolute Gasteiger partial charge is 0.380 e. The fourth-order valence-electron chi connectivity index (χ4n) is 4.32. The van der Waals surface area contributed by atoms with Crippen molar-refractivity contribution in [3.63, 3.8) is 0 Å². The lowest BCUT2D eigenvalue weighted by Gasteiger charge is -2.18. The van der Waals surface area contributed by atoms with E-state index in [1.807, 2.05) is 72.5 Å². The summed E-state index contributed by atoms with van der Waals surface area (Å²) in [5.74, 6) is 0.622. The summed E-state index contributed by atoms with van der Waals surface area (Å²) in [6.45, 7) is 3.21. The highest BCUT2D eigenvalue weighted by molar-refractivity contribution is 5.94. The Balaban J connectivity index is 1.34. The molecule has 1 amide bonds. The summed E-state index contributed by atoms with van der Waals surface area (Å²) in [6, 6.07) is 24.8. The molecule has 160 valence electrons. The first kappa shape index (κ1) is 20.0. The number of hydrogen-bond acceptors (Lipinski definition) is 4. The smallest absolute Gasteiger partial charge is 0.265 e. The molecule has 6 heteroatoms. The Morgan fingerprint density at radius 3 is 2.47 bits per heavy atom. The van der Waals surface area contributed by atoms with E-state index in [2.05, 4.69) is 10.3 Å². The van der Waals surface area contributed by atoms with Crippen LogP contribution in [0.4, 0.5) is 5.69 Å². The van der Waals surface area contributed by atoms with Gasteiger partial charge in [-0.1, -0.05) is 30.3 Å². The molecule has 0 bridgehead atoms. The van der Waals surface area contributed by atoms with Crippen molar-refractivity contribution in [2.75, 3.05) is 18.4 Å². The number of para-hydroxylation sites is 2. The number of anilines is 1. The van der Waals surface area contributed by atoms with Crippen molar-refractivity contribution in [3.05, 3.63) is 101 Å². The van der Waals surface area contributed by atoms with Crippen LogP contribution in [-0.4, -0.2) is 39.5 Å². The monoisotopic (exact) mass is 424 g/mol. The van der Waals surface area contributed by atoms with Crippen molar-refractivity contribution in [1.29, 1.82) is 0 Å². The minimum atomic E-state index is -0.110. The summed E-state index contributed by atoms with van der Waals surface area (Å²) in [6.07, 6.45) is 0.913. The molecule has 0 radical (unpaired) electrons. The van der Waals surface area contributed by atoms with Crippen LogP contribution in [0.1, 0.15) is 22.6 Å². The molecule has 5 rings (SSSR count). The molecule has 1 atom stereocenters. The molecule has 4 aromatic rings. The number of aryl methyl sites for hydroxylation is 1. The molecule has 32 heavy (non-hydrogen) atoms. The number of likely N-dealkylation sites (tertiary alicyclic amines) is 1. The second-order valence-corrected chi connectivity index (χ2v) is 8.11. The van der Waals surface area contributed by atoms with Crippen LogP contribution in [0.3, 0.4) is 0 Å². The van der Waals surface area contributed by atoms with Gasteiger partial charge in [0.05, 0.1) is 16.6 Å². The van der Waals surface area contributed by atoms with Gasteiger partial charge in [-0.3, -0.25) is 14.2 Å². The lowest BCUT2D eigenvalue weighted by molar-refractivity contribution is 0.0791. The number of amides is 1. The van der Waals surface area contributed by atoms with Gasteiger partial charge in [0.25, 0.3) is 11.5 Å². The summed E-state index contributed by atoms with van der Waals surface area (Å²) < 4.78 is 1.59. The third-order valence-electron chi connectivity index (χ3n) is 5.94. The lowest BCUT2D eigenvalue weighted by atomic mass is 10.1. The van der Waals surface area contributed by atoms with Crippen LogP contribution in [0, 0.1) is 6.92 Å². The maximum Gasteiger partial charge on any atom is 0.265 e. The number of nitrogens with one attached hydrogen (secondary N) is 1. The van der Waals surface area contributed by atoms with Gasteiger partial charge in [-0.25, -0.2) is 4.98 Å². The maximum atomic E-state index is 13.0. The number of carbonyl (C=O) groups is 1. The third kappa shape index (κ3) is 3.75. The third-order valence-corrected chi connectivity index (χ3v) is 5.94. The standard InChI is InChI=1S/C26H24N4O2/c1-18-27-24-10-6-5-9-23(24)26(32)30(18)22-13-11-19(12-14-22)25(31)29-16-15-21(17-29)28-20-7-3-2-4-8-20/h2-14,21,28H,15-17H2,1H3. The summed E-state index contributed by atoms with van der Waals surface area (Å²) in [5, 5.41) is 4.07. The van der Waals surface area contributed by atoms with Gasteiger partial charge in [-0.05, 0) is 61.9 Å². The van der Waals surface area contributed by atoms with E-state index in [-0.39, 0.29) is 17.5 Å². The molecule has 3 aromatic carbocycles. The highest BCUT2D eigenvalue weighted by atomic mass is 16.2. The highest BCUT2D eigenvalue weighted by Crippen LogP contribution is 2.19. The van der Waals surface area contributed by atoms with Gasteiger partial charge in [0.15, 0.2) is 0 Å². The topological polar surface area (TPSA) is 67.2 Å². The summed E-state index contributed by atoms with van der Waals surface area (Å²) >= 11 is 0. The summed E-state index contributed by atoms with van der Waals surface area (Å²) in [7, 11) is 0. The molecule has 1 aromatic heterocycles. The molecule has 1 saturated heterocycles. The van der Waals surface area contributed by atoms with Crippen molar-refractivity contribution in [2.45, 2.75) is 19.4 Å². The van der Waals surface area contributed by atoms with Crippen LogP contribution in [-0.2, 0) is 0 Å². The van der Waals surface area contributed by atoms with E-state index in [0.29, 0.717) is 34.5 Å². The van der Waals surface area contributed by atoms with Crippen molar-refractivity contribution in [2.24, 2.45) is 0 Å². The molecule has 2 heterocycles. The maximum absolute atomic E-state index is 13.0. The van der Waals surface area contributed by atoms with Gasteiger partial charge in [-0.2, -0.15) is 0 Å². The van der Waals surface area contributed by atoms with Crippen LogP contribution in [0.2, 0.25) is 0 Å². The molecule has 0 saturated carbocycles. The number of carbonyl (C=O) groups excluding carboxylic acids is 1. The van der Waals surface area contributed by atoms with E-state index in [0.717, 1.165) is 18.7 Å². The Morgan fingerprint density at radius 1 is 0.969 bits per heavy atom. The first-order valence-corrected chi connectivity index (χ1v) is 10.8. The van der Waals surface area contributed by atoms with E-state index in [4.69, 9.17) is 0 Å². The molecule has 1 aliphatic rings. The fourth-order valence-corrected chi connectivity index (χ4v) is 4.32. The Bertz CT molecular complexity index is 1330. The number of hydrogen-bond donors (Lipinski definition) is 1. The first-order chi connectivity index (χ1) is 15.6. The molecular weight excluding hydrogens is 400 g/mol. The summed E-state index contributed by atoms with van der Waals surface area (Å²) in [4.78, 5) is 32.5. The van der Waals surface area contributed by atoms with Gasteiger partial charge in [0.1, 0.15) is 5.82 Å². The van der Waals surface area contributed by atoms with Gasteiger partial charge < -0.3 is 10.2 Å². The second kappa shape index (κ2) is 8.30. The van der Waals surface area contributed by atoms with E-state index >= 15 is 0 Å². The average Bonchev–Trinajstić information content (AvgIpc) is 3.28. The highest BCUT2D eigenvalue weighted by Gasteiger charge is 2.27. The van der Waals surface area contributed by atoms with Gasteiger partial charge in [0, 0.05) is 30.4 Å². The van der Waals surface area contributed by atoms with E-state index in [1.165, 1.54) is 0 Å². The SMILES string of the molecule is Cc1nc2ccccc2c(=O)n1-c1ccc(C(=O)N2CCC(Nc3ccccc3)C2)cc1. The average molecular weight is 425 g/mol. The van der Waals surface area contributed by atoms with E-state index in [9.17, 15) is 9.59 Å². The lowest BCUT2D eigenvalue weighted by Crippen LogP contribution is -2.31.